The van der Waals surface area contributed by atoms with E-state index in [0.717, 1.165) is 0 Å². The van der Waals surface area contributed by atoms with Gasteiger partial charge in [-0.15, -0.1) is 0 Å². The largest absolute Gasteiger partial charge is 0.457 e. The highest BCUT2D eigenvalue weighted by atomic mass is 31.2. The van der Waals surface area contributed by atoms with E-state index in [-0.39, 0.29) is 0 Å². The van der Waals surface area contributed by atoms with Crippen molar-refractivity contribution in [2.24, 2.45) is 10.8 Å². The number of hydrogen-bond acceptors (Lipinski definition) is 7. The fourth-order valence-electron chi connectivity index (χ4n) is 2.15. The van der Waals surface area contributed by atoms with Crippen molar-refractivity contribution in [1.82, 2.24) is 9.55 Å². The average Bonchev–Trinajstić information content (AvgIpc) is 2.63. The summed E-state index contributed by atoms with van der Waals surface area (Å²) in [6.45, 7) is 13.2. The second kappa shape index (κ2) is 9.81. The molecule has 1 atom stereocenters. The van der Waals surface area contributed by atoms with E-state index in [4.69, 9.17) is 9.47 Å². The van der Waals surface area contributed by atoms with Crippen LogP contribution in [0.4, 0.5) is 0 Å². The van der Waals surface area contributed by atoms with Gasteiger partial charge in [-0.2, -0.15) is 0 Å². The summed E-state index contributed by atoms with van der Waals surface area (Å²) in [5, 5.41) is 0. The summed E-state index contributed by atoms with van der Waals surface area (Å²) in [6.07, 6.45) is 2.02. The van der Waals surface area contributed by atoms with Crippen molar-refractivity contribution in [2.75, 3.05) is 12.7 Å². The summed E-state index contributed by atoms with van der Waals surface area (Å²) >= 11 is 0. The number of carbonyl (C=O) groups is 2. The number of rotatable bonds is 7. The van der Waals surface area contributed by atoms with Crippen molar-refractivity contribution in [1.29, 1.82) is 0 Å². The molecule has 1 unspecified atom stereocenters. The second-order valence-electron chi connectivity index (χ2n) is 9.63. The highest BCUT2D eigenvalue weighted by Gasteiger charge is 2.31. The predicted molar refractivity (Wildman–Crippen MR) is 118 cm³/mol. The maximum Gasteiger partial charge on any atom is 0.328 e. The smallest absolute Gasteiger partial charge is 0.328 e. The van der Waals surface area contributed by atoms with E-state index in [1.54, 1.807) is 55.4 Å². The van der Waals surface area contributed by atoms with Crippen LogP contribution in [0.15, 0.2) is 27.7 Å². The Hall–Kier alpha value is -2.41. The molecule has 1 aromatic rings. The van der Waals surface area contributed by atoms with E-state index in [1.165, 1.54) is 22.7 Å². The summed E-state index contributed by atoms with van der Waals surface area (Å²) in [6, 6.07) is -0.562. The molecule has 0 fully saturated rings. The molecular weight excluding hydrogens is 423 g/mol. The standard InChI is InChI=1S/C21H33N2O7P/c1-14-11-23(19(27)22-16(14)24)15(2)9-10-31(28,12-29-17(25)20(3,4)5)13-30-18(26)21(6,7)8/h9-11,15H,12-13H2,1-8H3,(H,22,24,27). The molecule has 0 aromatic carbocycles. The van der Waals surface area contributed by atoms with Crippen LogP contribution in [-0.2, 0) is 23.6 Å². The van der Waals surface area contributed by atoms with Crippen LogP contribution in [0.25, 0.3) is 0 Å². The maximum atomic E-state index is 13.4. The molecule has 9 nitrogen and oxygen atoms in total. The highest BCUT2D eigenvalue weighted by Crippen LogP contribution is 2.48. The normalized spacial score (nSPS) is 13.8. The Bertz CT molecular complexity index is 972. The van der Waals surface area contributed by atoms with Gasteiger partial charge in [0.15, 0.2) is 19.8 Å². The highest BCUT2D eigenvalue weighted by molar-refractivity contribution is 7.66. The minimum absolute atomic E-state index is 0.348. The number of carbonyl (C=O) groups excluding carboxylic acids is 2. The third-order valence-corrected chi connectivity index (χ3v) is 6.12. The number of aromatic nitrogens is 2. The van der Waals surface area contributed by atoms with Crippen LogP contribution in [-0.4, -0.2) is 34.2 Å². The lowest BCUT2D eigenvalue weighted by molar-refractivity contribution is -0.151. The molecule has 0 radical (unpaired) electrons. The summed E-state index contributed by atoms with van der Waals surface area (Å²) in [4.78, 5) is 50.1. The summed E-state index contributed by atoms with van der Waals surface area (Å²) in [5.41, 5.74) is -2.32. The molecule has 0 bridgehead atoms. The predicted octanol–water partition coefficient (Wildman–Crippen LogP) is 3.38. The van der Waals surface area contributed by atoms with E-state index in [9.17, 15) is 23.7 Å². The van der Waals surface area contributed by atoms with Crippen molar-refractivity contribution in [3.63, 3.8) is 0 Å². The summed E-state index contributed by atoms with van der Waals surface area (Å²) in [5.74, 6) is 0.253. The zero-order valence-corrected chi connectivity index (χ0v) is 20.4. The second-order valence-corrected chi connectivity index (χ2v) is 12.4. The fourth-order valence-corrected chi connectivity index (χ4v) is 3.64. The van der Waals surface area contributed by atoms with Gasteiger partial charge in [0.25, 0.3) is 5.56 Å². The van der Waals surface area contributed by atoms with Gasteiger partial charge in [-0.25, -0.2) is 4.79 Å². The topological polar surface area (TPSA) is 125 Å². The molecule has 0 aliphatic carbocycles. The van der Waals surface area contributed by atoms with Crippen LogP contribution < -0.4 is 11.2 Å². The number of esters is 2. The number of H-pyrrole nitrogens is 1. The number of allylic oxidation sites excluding steroid dienone is 1. The van der Waals surface area contributed by atoms with Crippen molar-refractivity contribution in [2.45, 2.75) is 61.4 Å². The Morgan fingerprint density at radius 2 is 1.52 bits per heavy atom. The molecule has 10 heteroatoms. The van der Waals surface area contributed by atoms with Gasteiger partial charge < -0.3 is 14.0 Å². The Labute approximate surface area is 182 Å². The van der Waals surface area contributed by atoms with Gasteiger partial charge in [-0.05, 0) is 61.2 Å². The number of aryl methyl sites for hydroxylation is 1. The summed E-state index contributed by atoms with van der Waals surface area (Å²) < 4.78 is 25.2. The Kier molecular flexibility index (Phi) is 8.43. The van der Waals surface area contributed by atoms with Gasteiger partial charge in [0.1, 0.15) is 0 Å². The molecule has 31 heavy (non-hydrogen) atoms. The van der Waals surface area contributed by atoms with E-state index >= 15 is 0 Å². The SMILES string of the molecule is Cc1cn(C(C)C=CP(=O)(COC(=O)C(C)(C)C)COC(=O)C(C)(C)C)c(=O)[nH]c1=O. The Morgan fingerprint density at radius 1 is 1.06 bits per heavy atom. The first-order valence-electron chi connectivity index (χ1n) is 9.90. The first kappa shape index (κ1) is 26.6. The van der Waals surface area contributed by atoms with E-state index < -0.39 is 59.9 Å². The lowest BCUT2D eigenvalue weighted by Gasteiger charge is -2.22. The molecular formula is C21H33N2O7P. The molecule has 0 aliphatic heterocycles. The fraction of sp³-hybridized carbons (Fsp3) is 0.619. The van der Waals surface area contributed by atoms with Gasteiger partial charge in [-0.3, -0.25) is 23.9 Å². The van der Waals surface area contributed by atoms with Gasteiger partial charge >= 0.3 is 17.6 Å². The zero-order chi connectivity index (χ0) is 24.2. The van der Waals surface area contributed by atoms with Gasteiger partial charge in [-0.1, -0.05) is 6.08 Å². The Morgan fingerprint density at radius 3 is 1.94 bits per heavy atom. The molecule has 1 N–H and O–H groups in total. The van der Waals surface area contributed by atoms with Crippen LogP contribution in [0.2, 0.25) is 0 Å². The van der Waals surface area contributed by atoms with E-state index in [2.05, 4.69) is 4.98 Å². The molecule has 0 saturated heterocycles. The van der Waals surface area contributed by atoms with E-state index in [0.29, 0.717) is 5.56 Å². The van der Waals surface area contributed by atoms with E-state index in [1.807, 2.05) is 0 Å². The summed E-state index contributed by atoms with van der Waals surface area (Å²) in [7, 11) is -3.43. The van der Waals surface area contributed by atoms with Crippen LogP contribution >= 0.6 is 7.14 Å². The van der Waals surface area contributed by atoms with Crippen LogP contribution in [0.3, 0.4) is 0 Å². The van der Waals surface area contributed by atoms with Crippen LogP contribution in [0.5, 0.6) is 0 Å². The molecule has 0 aliphatic rings. The monoisotopic (exact) mass is 456 g/mol. The molecule has 0 saturated carbocycles. The number of nitrogens with zero attached hydrogens (tertiary/aromatic N) is 1. The minimum Gasteiger partial charge on any atom is -0.457 e. The van der Waals surface area contributed by atoms with Gasteiger partial charge in [0.05, 0.1) is 16.9 Å². The quantitative estimate of drug-likeness (QED) is 0.493. The molecule has 1 aromatic heterocycles. The first-order valence-corrected chi connectivity index (χ1v) is 12.0. The Balaban J connectivity index is 3.14. The number of nitrogens with one attached hydrogen (secondary N) is 1. The lowest BCUT2D eigenvalue weighted by Crippen LogP contribution is -2.32. The molecule has 1 heterocycles. The van der Waals surface area contributed by atoms with Crippen molar-refractivity contribution >= 4 is 19.1 Å². The van der Waals surface area contributed by atoms with Crippen molar-refractivity contribution in [3.8, 4) is 0 Å². The zero-order valence-electron chi connectivity index (χ0n) is 19.5. The third-order valence-electron chi connectivity index (χ3n) is 4.27. The minimum atomic E-state index is -3.43. The molecule has 1 rings (SSSR count). The third kappa shape index (κ3) is 7.98. The number of ether oxygens (including phenoxy) is 2. The van der Waals surface area contributed by atoms with Crippen molar-refractivity contribution < 1.29 is 23.6 Å². The maximum absolute atomic E-state index is 13.4. The molecule has 174 valence electrons. The van der Waals surface area contributed by atoms with Crippen LogP contribution in [0.1, 0.15) is 60.1 Å². The van der Waals surface area contributed by atoms with Crippen LogP contribution in [0, 0.1) is 17.8 Å². The van der Waals surface area contributed by atoms with Gasteiger partial charge in [0.2, 0.25) is 0 Å². The average molecular weight is 456 g/mol. The number of hydrogen-bond donors (Lipinski definition) is 1. The molecule has 0 amide bonds. The lowest BCUT2D eigenvalue weighted by atomic mass is 9.98. The number of aromatic amines is 1. The van der Waals surface area contributed by atoms with Crippen molar-refractivity contribution in [3.05, 3.63) is 44.5 Å². The molecule has 0 spiro atoms. The van der Waals surface area contributed by atoms with Gasteiger partial charge in [0, 0.05) is 11.8 Å². The first-order chi connectivity index (χ1) is 14.0.